The van der Waals surface area contributed by atoms with Gasteiger partial charge in [0.2, 0.25) is 0 Å². The second-order valence-corrected chi connectivity index (χ2v) is 5.57. The standard InChI is InChI=1S/C18H16N2O/c1-20-17(11-21)13-7-2-3-8-14(13)18(20)15-10-19-16-9-5-4-6-12(15)16/h2-11,17-19H,1H3. The molecule has 2 unspecified atom stereocenters. The van der Waals surface area contributed by atoms with Crippen molar-refractivity contribution in [3.63, 3.8) is 0 Å². The van der Waals surface area contributed by atoms with Crippen molar-refractivity contribution in [3.05, 3.63) is 71.4 Å². The number of hydrogen-bond acceptors (Lipinski definition) is 2. The first-order chi connectivity index (χ1) is 10.3. The van der Waals surface area contributed by atoms with Crippen LogP contribution in [0.4, 0.5) is 0 Å². The molecule has 1 N–H and O–H groups in total. The number of rotatable bonds is 2. The fourth-order valence-corrected chi connectivity index (χ4v) is 3.51. The minimum atomic E-state index is -0.167. The van der Waals surface area contributed by atoms with E-state index in [0.29, 0.717) is 0 Å². The Balaban J connectivity index is 1.94. The molecule has 1 aliphatic heterocycles. The zero-order chi connectivity index (χ0) is 14.4. The summed E-state index contributed by atoms with van der Waals surface area (Å²) in [4.78, 5) is 17.0. The van der Waals surface area contributed by atoms with Gasteiger partial charge in [-0.3, -0.25) is 4.90 Å². The molecule has 104 valence electrons. The minimum absolute atomic E-state index is 0.118. The summed E-state index contributed by atoms with van der Waals surface area (Å²) in [6.07, 6.45) is 3.10. The van der Waals surface area contributed by atoms with E-state index in [1.54, 1.807) is 0 Å². The molecule has 2 atom stereocenters. The number of aromatic nitrogens is 1. The highest BCUT2D eigenvalue weighted by Crippen LogP contribution is 2.44. The molecule has 0 bridgehead atoms. The number of hydrogen-bond donors (Lipinski definition) is 1. The molecule has 2 aromatic carbocycles. The molecular formula is C18H16N2O. The monoisotopic (exact) mass is 276 g/mol. The predicted molar refractivity (Wildman–Crippen MR) is 83.2 cm³/mol. The maximum atomic E-state index is 11.5. The molecule has 0 amide bonds. The van der Waals surface area contributed by atoms with Gasteiger partial charge in [-0.05, 0) is 29.8 Å². The first-order valence-electron chi connectivity index (χ1n) is 7.13. The molecule has 0 fully saturated rings. The quantitative estimate of drug-likeness (QED) is 0.728. The number of carbonyl (C=O) groups is 1. The van der Waals surface area contributed by atoms with Crippen molar-refractivity contribution in [2.75, 3.05) is 7.05 Å². The Bertz CT molecular complexity index is 821. The van der Waals surface area contributed by atoms with Gasteiger partial charge in [-0.25, -0.2) is 0 Å². The molecule has 0 saturated heterocycles. The van der Waals surface area contributed by atoms with E-state index >= 15 is 0 Å². The number of nitrogens with one attached hydrogen (secondary N) is 1. The van der Waals surface area contributed by atoms with E-state index in [1.807, 2.05) is 25.2 Å². The van der Waals surface area contributed by atoms with E-state index in [4.69, 9.17) is 0 Å². The number of carbonyl (C=O) groups excluding carboxylic acids is 1. The largest absolute Gasteiger partial charge is 0.361 e. The molecule has 3 aromatic rings. The number of para-hydroxylation sites is 1. The highest BCUT2D eigenvalue weighted by Gasteiger charge is 2.37. The van der Waals surface area contributed by atoms with Gasteiger partial charge in [-0.2, -0.15) is 0 Å². The van der Waals surface area contributed by atoms with E-state index < -0.39 is 0 Å². The van der Waals surface area contributed by atoms with Gasteiger partial charge in [-0.15, -0.1) is 0 Å². The summed E-state index contributed by atoms with van der Waals surface area (Å²) in [5.41, 5.74) is 4.70. The maximum absolute atomic E-state index is 11.5. The number of H-pyrrole nitrogens is 1. The molecule has 0 saturated carbocycles. The van der Waals surface area contributed by atoms with Crippen LogP contribution in [0.5, 0.6) is 0 Å². The second-order valence-electron chi connectivity index (χ2n) is 5.57. The van der Waals surface area contributed by atoms with Crippen LogP contribution >= 0.6 is 0 Å². The fourth-order valence-electron chi connectivity index (χ4n) is 3.51. The van der Waals surface area contributed by atoms with Crippen LogP contribution in [0.1, 0.15) is 28.8 Å². The first-order valence-corrected chi connectivity index (χ1v) is 7.13. The highest BCUT2D eigenvalue weighted by atomic mass is 16.1. The van der Waals surface area contributed by atoms with E-state index in [-0.39, 0.29) is 12.1 Å². The normalized spacial score (nSPS) is 21.6. The lowest BCUT2D eigenvalue weighted by Crippen LogP contribution is -2.23. The lowest BCUT2D eigenvalue weighted by molar-refractivity contribution is -0.112. The molecule has 1 aliphatic rings. The third-order valence-electron chi connectivity index (χ3n) is 4.50. The van der Waals surface area contributed by atoms with Gasteiger partial charge in [0.25, 0.3) is 0 Å². The summed E-state index contributed by atoms with van der Waals surface area (Å²) < 4.78 is 0. The van der Waals surface area contributed by atoms with E-state index in [0.717, 1.165) is 17.4 Å². The molecule has 0 radical (unpaired) electrons. The van der Waals surface area contributed by atoms with E-state index in [9.17, 15) is 4.79 Å². The summed E-state index contributed by atoms with van der Waals surface area (Å²) in [6.45, 7) is 0. The van der Waals surface area contributed by atoms with Gasteiger partial charge in [0, 0.05) is 17.1 Å². The van der Waals surface area contributed by atoms with Crippen molar-refractivity contribution in [2.45, 2.75) is 12.1 Å². The van der Waals surface area contributed by atoms with Crippen LogP contribution in [-0.4, -0.2) is 23.2 Å². The van der Waals surface area contributed by atoms with Gasteiger partial charge in [0.05, 0.1) is 12.1 Å². The average Bonchev–Trinajstić information content (AvgIpc) is 3.05. The minimum Gasteiger partial charge on any atom is -0.361 e. The molecule has 3 heteroatoms. The van der Waals surface area contributed by atoms with Gasteiger partial charge in [0.1, 0.15) is 6.29 Å². The van der Waals surface area contributed by atoms with Crippen molar-refractivity contribution < 1.29 is 4.79 Å². The molecule has 0 spiro atoms. The number of aldehydes is 1. The topological polar surface area (TPSA) is 36.1 Å². The Morgan fingerprint density at radius 2 is 1.71 bits per heavy atom. The summed E-state index contributed by atoms with van der Waals surface area (Å²) in [5, 5.41) is 1.22. The number of likely N-dealkylation sites (N-methyl/N-ethyl adjacent to an activating group) is 1. The SMILES string of the molecule is CN1C(C=O)c2ccccc2C1c1c[nH]c2ccccc12. The van der Waals surface area contributed by atoms with Crippen molar-refractivity contribution >= 4 is 17.2 Å². The van der Waals surface area contributed by atoms with Gasteiger partial charge < -0.3 is 9.78 Å². The summed E-state index contributed by atoms with van der Waals surface area (Å²) >= 11 is 0. The van der Waals surface area contributed by atoms with Crippen LogP contribution in [-0.2, 0) is 4.79 Å². The lowest BCUT2D eigenvalue weighted by atomic mass is 9.97. The second kappa shape index (κ2) is 4.57. The zero-order valence-corrected chi connectivity index (χ0v) is 11.8. The molecular weight excluding hydrogens is 260 g/mol. The fraction of sp³-hybridized carbons (Fsp3) is 0.167. The molecule has 3 nitrogen and oxygen atoms in total. The Morgan fingerprint density at radius 3 is 2.52 bits per heavy atom. The Labute approximate surface area is 123 Å². The summed E-state index contributed by atoms with van der Waals surface area (Å²) in [6, 6.07) is 16.5. The predicted octanol–water partition coefficient (Wildman–Crippen LogP) is 3.44. The maximum Gasteiger partial charge on any atom is 0.141 e. The van der Waals surface area contributed by atoms with Crippen LogP contribution in [0.3, 0.4) is 0 Å². The van der Waals surface area contributed by atoms with Crippen molar-refractivity contribution in [1.29, 1.82) is 0 Å². The summed E-state index contributed by atoms with van der Waals surface area (Å²) in [7, 11) is 2.02. The molecule has 21 heavy (non-hydrogen) atoms. The zero-order valence-electron chi connectivity index (χ0n) is 11.8. The van der Waals surface area contributed by atoms with Crippen LogP contribution < -0.4 is 0 Å². The molecule has 2 heterocycles. The Kier molecular flexibility index (Phi) is 2.69. The van der Waals surface area contributed by atoms with E-state index in [2.05, 4.69) is 46.4 Å². The molecule has 1 aromatic heterocycles. The number of aromatic amines is 1. The summed E-state index contributed by atoms with van der Waals surface area (Å²) in [5.74, 6) is 0. The average molecular weight is 276 g/mol. The smallest absolute Gasteiger partial charge is 0.141 e. The van der Waals surface area contributed by atoms with Gasteiger partial charge in [0.15, 0.2) is 0 Å². The highest BCUT2D eigenvalue weighted by molar-refractivity contribution is 5.84. The Hall–Kier alpha value is -2.39. The van der Waals surface area contributed by atoms with Crippen LogP contribution in [0, 0.1) is 0 Å². The lowest BCUT2D eigenvalue weighted by Gasteiger charge is -2.23. The first kappa shape index (κ1) is 12.4. The van der Waals surface area contributed by atoms with Crippen LogP contribution in [0.15, 0.2) is 54.7 Å². The van der Waals surface area contributed by atoms with Crippen LogP contribution in [0.25, 0.3) is 10.9 Å². The molecule has 4 rings (SSSR count). The number of fused-ring (bicyclic) bond motifs is 2. The van der Waals surface area contributed by atoms with Crippen molar-refractivity contribution in [1.82, 2.24) is 9.88 Å². The third kappa shape index (κ3) is 1.68. The van der Waals surface area contributed by atoms with Crippen molar-refractivity contribution in [2.24, 2.45) is 0 Å². The van der Waals surface area contributed by atoms with Crippen molar-refractivity contribution in [3.8, 4) is 0 Å². The van der Waals surface area contributed by atoms with Gasteiger partial charge >= 0.3 is 0 Å². The Morgan fingerprint density at radius 1 is 1.00 bits per heavy atom. The molecule has 0 aliphatic carbocycles. The van der Waals surface area contributed by atoms with E-state index in [1.165, 1.54) is 16.5 Å². The third-order valence-corrected chi connectivity index (χ3v) is 4.50. The van der Waals surface area contributed by atoms with Crippen LogP contribution in [0.2, 0.25) is 0 Å². The number of benzene rings is 2. The number of nitrogens with zero attached hydrogens (tertiary/aromatic N) is 1. The van der Waals surface area contributed by atoms with Gasteiger partial charge in [-0.1, -0.05) is 42.5 Å².